The van der Waals surface area contributed by atoms with Crippen molar-refractivity contribution < 1.29 is 14.3 Å². The number of likely N-dealkylation sites (N-methyl/N-ethyl adjacent to an activating group) is 1. The van der Waals surface area contributed by atoms with Crippen LogP contribution in [0.25, 0.3) is 0 Å². The number of nitrogens with two attached hydrogens (primary N) is 1. The molecular weight excluding hydrogens is 246 g/mol. The molecule has 1 atom stereocenters. The van der Waals surface area contributed by atoms with Crippen molar-refractivity contribution in [1.82, 2.24) is 9.80 Å². The molecular formula is C13H25N3O3. The van der Waals surface area contributed by atoms with E-state index in [2.05, 4.69) is 0 Å². The van der Waals surface area contributed by atoms with Gasteiger partial charge in [-0.25, -0.2) is 0 Å². The molecule has 6 nitrogen and oxygen atoms in total. The summed E-state index contributed by atoms with van der Waals surface area (Å²) in [6.45, 7) is 6.09. The minimum atomic E-state index is -0.894. The summed E-state index contributed by atoms with van der Waals surface area (Å²) in [5, 5.41) is 0. The highest BCUT2D eigenvalue weighted by Crippen LogP contribution is 2.12. The van der Waals surface area contributed by atoms with E-state index in [0.717, 1.165) is 6.42 Å². The Balaban J connectivity index is 2.51. The predicted molar refractivity (Wildman–Crippen MR) is 72.5 cm³/mol. The first-order valence-corrected chi connectivity index (χ1v) is 6.78. The zero-order chi connectivity index (χ0) is 14.5. The first-order chi connectivity index (χ1) is 8.88. The molecule has 0 saturated carbocycles. The number of carbonyl (C=O) groups is 2. The van der Waals surface area contributed by atoms with E-state index in [0.29, 0.717) is 32.7 Å². The van der Waals surface area contributed by atoms with E-state index in [1.165, 1.54) is 4.90 Å². The lowest BCUT2D eigenvalue weighted by Gasteiger charge is -2.32. The third-order valence-electron chi connectivity index (χ3n) is 3.34. The molecule has 1 rings (SSSR count). The SMILES string of the molecule is CCCC(C)(N)C(=O)N(C)CC(=O)N1CCOCC1. The molecule has 0 aliphatic carbocycles. The molecule has 6 heteroatoms. The first-order valence-electron chi connectivity index (χ1n) is 6.78. The summed E-state index contributed by atoms with van der Waals surface area (Å²) in [5.41, 5.74) is 5.10. The molecule has 0 aromatic rings. The maximum absolute atomic E-state index is 12.2. The van der Waals surface area contributed by atoms with Gasteiger partial charge in [0, 0.05) is 20.1 Å². The molecule has 0 spiro atoms. The summed E-state index contributed by atoms with van der Waals surface area (Å²) >= 11 is 0. The zero-order valence-corrected chi connectivity index (χ0v) is 12.1. The molecule has 1 aliphatic rings. The topological polar surface area (TPSA) is 75.9 Å². The number of carbonyl (C=O) groups excluding carboxylic acids is 2. The lowest BCUT2D eigenvalue weighted by molar-refractivity contribution is -0.144. The van der Waals surface area contributed by atoms with Gasteiger partial charge >= 0.3 is 0 Å². The van der Waals surface area contributed by atoms with Crippen molar-refractivity contribution in [2.75, 3.05) is 39.9 Å². The molecule has 1 unspecified atom stereocenters. The standard InChI is InChI=1S/C13H25N3O3/c1-4-5-13(2,14)12(18)15(3)10-11(17)16-6-8-19-9-7-16/h4-10,14H2,1-3H3. The normalized spacial score (nSPS) is 18.8. The Morgan fingerprint density at radius 3 is 2.47 bits per heavy atom. The molecule has 110 valence electrons. The van der Waals surface area contributed by atoms with Gasteiger partial charge in [0.2, 0.25) is 11.8 Å². The van der Waals surface area contributed by atoms with Crippen LogP contribution in [0.1, 0.15) is 26.7 Å². The Morgan fingerprint density at radius 2 is 1.95 bits per heavy atom. The van der Waals surface area contributed by atoms with Crippen LogP contribution in [-0.2, 0) is 14.3 Å². The number of hydrogen-bond donors (Lipinski definition) is 1. The minimum Gasteiger partial charge on any atom is -0.378 e. The number of ether oxygens (including phenoxy) is 1. The Morgan fingerprint density at radius 1 is 1.37 bits per heavy atom. The van der Waals surface area contributed by atoms with Crippen LogP contribution < -0.4 is 5.73 Å². The van der Waals surface area contributed by atoms with Gasteiger partial charge in [-0.15, -0.1) is 0 Å². The van der Waals surface area contributed by atoms with Gasteiger partial charge in [0.25, 0.3) is 0 Å². The number of nitrogens with zero attached hydrogens (tertiary/aromatic N) is 2. The second-order valence-electron chi connectivity index (χ2n) is 5.32. The Kier molecular flexibility index (Phi) is 5.75. The molecule has 19 heavy (non-hydrogen) atoms. The number of hydrogen-bond acceptors (Lipinski definition) is 4. The summed E-state index contributed by atoms with van der Waals surface area (Å²) in [5.74, 6) is -0.234. The smallest absolute Gasteiger partial charge is 0.242 e. The molecule has 1 aliphatic heterocycles. The third kappa shape index (κ3) is 4.47. The van der Waals surface area contributed by atoms with Crippen LogP contribution in [0.4, 0.5) is 0 Å². The quantitative estimate of drug-likeness (QED) is 0.752. The second kappa shape index (κ2) is 6.86. The molecule has 1 saturated heterocycles. The van der Waals surface area contributed by atoms with Crippen LogP contribution in [0.2, 0.25) is 0 Å². The summed E-state index contributed by atoms with van der Waals surface area (Å²) in [6.07, 6.45) is 1.45. The van der Waals surface area contributed by atoms with E-state index in [-0.39, 0.29) is 18.4 Å². The molecule has 2 N–H and O–H groups in total. The number of amides is 2. The fraction of sp³-hybridized carbons (Fsp3) is 0.846. The average Bonchev–Trinajstić information content (AvgIpc) is 2.38. The van der Waals surface area contributed by atoms with Crippen molar-refractivity contribution in [3.8, 4) is 0 Å². The maximum atomic E-state index is 12.2. The highest BCUT2D eigenvalue weighted by molar-refractivity contribution is 5.89. The van der Waals surface area contributed by atoms with Gasteiger partial charge in [-0.2, -0.15) is 0 Å². The summed E-state index contributed by atoms with van der Waals surface area (Å²) in [6, 6.07) is 0. The van der Waals surface area contributed by atoms with Crippen molar-refractivity contribution in [1.29, 1.82) is 0 Å². The van der Waals surface area contributed by atoms with Gasteiger partial charge in [0.05, 0.1) is 25.3 Å². The van der Waals surface area contributed by atoms with E-state index >= 15 is 0 Å². The number of morpholine rings is 1. The maximum Gasteiger partial charge on any atom is 0.242 e. The fourth-order valence-electron chi connectivity index (χ4n) is 2.25. The highest BCUT2D eigenvalue weighted by Gasteiger charge is 2.31. The van der Waals surface area contributed by atoms with Gasteiger partial charge in [-0.1, -0.05) is 13.3 Å². The van der Waals surface area contributed by atoms with Crippen molar-refractivity contribution in [3.63, 3.8) is 0 Å². The Bertz CT molecular complexity index is 325. The summed E-state index contributed by atoms with van der Waals surface area (Å²) < 4.78 is 5.19. The second-order valence-corrected chi connectivity index (χ2v) is 5.32. The van der Waals surface area contributed by atoms with Crippen LogP contribution in [-0.4, -0.2) is 67.0 Å². The van der Waals surface area contributed by atoms with Crippen LogP contribution in [0, 0.1) is 0 Å². The molecule has 1 fully saturated rings. The first kappa shape index (κ1) is 15.9. The minimum absolute atomic E-state index is 0.0496. The summed E-state index contributed by atoms with van der Waals surface area (Å²) in [7, 11) is 1.63. The molecule has 0 radical (unpaired) electrons. The van der Waals surface area contributed by atoms with Crippen LogP contribution >= 0.6 is 0 Å². The lowest BCUT2D eigenvalue weighted by Crippen LogP contribution is -2.54. The summed E-state index contributed by atoms with van der Waals surface area (Å²) in [4.78, 5) is 27.4. The van der Waals surface area contributed by atoms with Crippen molar-refractivity contribution in [2.24, 2.45) is 5.73 Å². The van der Waals surface area contributed by atoms with Gasteiger partial charge in [-0.05, 0) is 13.3 Å². The van der Waals surface area contributed by atoms with Gasteiger partial charge in [-0.3, -0.25) is 9.59 Å². The van der Waals surface area contributed by atoms with E-state index in [4.69, 9.17) is 10.5 Å². The zero-order valence-electron chi connectivity index (χ0n) is 12.1. The van der Waals surface area contributed by atoms with Crippen LogP contribution in [0.3, 0.4) is 0 Å². The lowest BCUT2D eigenvalue weighted by atomic mass is 9.96. The molecule has 0 aromatic heterocycles. The fourth-order valence-corrected chi connectivity index (χ4v) is 2.25. The van der Waals surface area contributed by atoms with Gasteiger partial charge < -0.3 is 20.3 Å². The van der Waals surface area contributed by atoms with Crippen molar-refractivity contribution in [2.45, 2.75) is 32.2 Å². The highest BCUT2D eigenvalue weighted by atomic mass is 16.5. The Hall–Kier alpha value is -1.14. The van der Waals surface area contributed by atoms with Gasteiger partial charge in [0.1, 0.15) is 0 Å². The molecule has 0 aromatic carbocycles. The van der Waals surface area contributed by atoms with Crippen LogP contribution in [0.15, 0.2) is 0 Å². The van der Waals surface area contributed by atoms with E-state index in [1.807, 2.05) is 6.92 Å². The Labute approximate surface area is 114 Å². The third-order valence-corrected chi connectivity index (χ3v) is 3.34. The molecule has 1 heterocycles. The van der Waals surface area contributed by atoms with E-state index in [1.54, 1.807) is 18.9 Å². The van der Waals surface area contributed by atoms with Crippen molar-refractivity contribution in [3.05, 3.63) is 0 Å². The number of rotatable bonds is 5. The monoisotopic (exact) mass is 271 g/mol. The molecule has 2 amide bonds. The van der Waals surface area contributed by atoms with E-state index < -0.39 is 5.54 Å². The average molecular weight is 271 g/mol. The van der Waals surface area contributed by atoms with Gasteiger partial charge in [0.15, 0.2) is 0 Å². The van der Waals surface area contributed by atoms with Crippen molar-refractivity contribution >= 4 is 11.8 Å². The largest absolute Gasteiger partial charge is 0.378 e. The molecule has 0 bridgehead atoms. The van der Waals surface area contributed by atoms with E-state index in [9.17, 15) is 9.59 Å². The predicted octanol–water partition coefficient (Wildman–Crippen LogP) is -0.179. The van der Waals surface area contributed by atoms with Crippen LogP contribution in [0.5, 0.6) is 0 Å².